The summed E-state index contributed by atoms with van der Waals surface area (Å²) < 4.78 is 8.94. The Hall–Kier alpha value is -3.00. The first-order valence-corrected chi connectivity index (χ1v) is 9.84. The number of hydrogen-bond acceptors (Lipinski definition) is 5. The molecule has 8 heteroatoms. The van der Waals surface area contributed by atoms with E-state index in [-0.39, 0.29) is 11.9 Å². The van der Waals surface area contributed by atoms with Gasteiger partial charge in [-0.15, -0.1) is 0 Å². The van der Waals surface area contributed by atoms with Crippen molar-refractivity contribution in [2.45, 2.75) is 52.4 Å². The summed E-state index contributed by atoms with van der Waals surface area (Å²) in [4.78, 5) is 17.1. The van der Waals surface area contributed by atoms with Gasteiger partial charge in [-0.2, -0.15) is 10.2 Å². The molecule has 3 heterocycles. The molecule has 1 amide bonds. The van der Waals surface area contributed by atoms with Crippen molar-refractivity contribution >= 4 is 5.91 Å². The van der Waals surface area contributed by atoms with Gasteiger partial charge in [-0.05, 0) is 44.0 Å². The average molecular weight is 394 g/mol. The Labute approximate surface area is 169 Å². The Morgan fingerprint density at radius 3 is 2.72 bits per heavy atom. The normalized spacial score (nSPS) is 15.9. The molecule has 2 aromatic heterocycles. The van der Waals surface area contributed by atoms with Crippen molar-refractivity contribution in [3.63, 3.8) is 0 Å². The summed E-state index contributed by atoms with van der Waals surface area (Å²) in [6.07, 6.45) is 1.65. The van der Waals surface area contributed by atoms with Crippen LogP contribution >= 0.6 is 0 Å². The van der Waals surface area contributed by atoms with Crippen molar-refractivity contribution in [1.82, 2.24) is 29.9 Å². The Bertz CT molecular complexity index is 1000. The lowest BCUT2D eigenvalue weighted by atomic mass is 10.1. The molecule has 1 atom stereocenters. The molecule has 1 aliphatic rings. The molecule has 29 heavy (non-hydrogen) atoms. The van der Waals surface area contributed by atoms with Gasteiger partial charge in [0.2, 0.25) is 0 Å². The summed E-state index contributed by atoms with van der Waals surface area (Å²) in [6, 6.07) is 9.82. The van der Waals surface area contributed by atoms with E-state index in [1.54, 1.807) is 7.11 Å². The van der Waals surface area contributed by atoms with E-state index < -0.39 is 0 Å². The van der Waals surface area contributed by atoms with Gasteiger partial charge in [0.05, 0.1) is 18.8 Å². The second kappa shape index (κ2) is 8.16. The van der Waals surface area contributed by atoms with Crippen molar-refractivity contribution in [3.05, 3.63) is 64.5 Å². The summed E-state index contributed by atoms with van der Waals surface area (Å²) in [7, 11) is 1.63. The van der Waals surface area contributed by atoms with Crippen LogP contribution < -0.4 is 5.32 Å². The van der Waals surface area contributed by atoms with E-state index >= 15 is 0 Å². The quantitative estimate of drug-likeness (QED) is 0.691. The molecule has 0 aliphatic carbocycles. The van der Waals surface area contributed by atoms with Crippen molar-refractivity contribution in [1.29, 1.82) is 0 Å². The summed E-state index contributed by atoms with van der Waals surface area (Å²) in [5.74, 6) is 1.58. The number of aromatic nitrogens is 5. The maximum absolute atomic E-state index is 12.7. The maximum Gasteiger partial charge on any atom is 0.251 e. The number of benzene rings is 1. The van der Waals surface area contributed by atoms with E-state index in [1.807, 2.05) is 47.5 Å². The Morgan fingerprint density at radius 2 is 2.03 bits per heavy atom. The topological polar surface area (TPSA) is 86.9 Å². The first-order chi connectivity index (χ1) is 14.0. The third-order valence-electron chi connectivity index (χ3n) is 5.16. The van der Waals surface area contributed by atoms with E-state index in [2.05, 4.69) is 26.6 Å². The van der Waals surface area contributed by atoms with Crippen LogP contribution in [0, 0.1) is 13.8 Å². The highest BCUT2D eigenvalue weighted by atomic mass is 16.5. The van der Waals surface area contributed by atoms with Crippen LogP contribution in [0.2, 0.25) is 0 Å². The molecule has 0 spiro atoms. The van der Waals surface area contributed by atoms with Gasteiger partial charge in [0.25, 0.3) is 5.91 Å². The Balaban J connectivity index is 1.36. The number of nitrogens with zero attached hydrogens (tertiary/aromatic N) is 5. The van der Waals surface area contributed by atoms with E-state index in [1.165, 1.54) is 0 Å². The lowest BCUT2D eigenvalue weighted by Gasteiger charge is -2.23. The van der Waals surface area contributed by atoms with Gasteiger partial charge in [0.15, 0.2) is 5.82 Å². The van der Waals surface area contributed by atoms with E-state index in [0.717, 1.165) is 35.6 Å². The largest absolute Gasteiger partial charge is 0.377 e. The zero-order valence-corrected chi connectivity index (χ0v) is 17.1. The molecule has 8 nitrogen and oxygen atoms in total. The molecule has 0 fully saturated rings. The maximum atomic E-state index is 12.7. The van der Waals surface area contributed by atoms with Crippen LogP contribution in [0.15, 0.2) is 30.3 Å². The van der Waals surface area contributed by atoms with E-state index in [4.69, 9.17) is 4.74 Å². The highest BCUT2D eigenvalue weighted by Crippen LogP contribution is 2.15. The molecular weight excluding hydrogens is 368 g/mol. The number of methoxy groups -OCH3 is 1. The number of fused-ring (bicyclic) bond motifs is 1. The summed E-state index contributed by atoms with van der Waals surface area (Å²) >= 11 is 0. The summed E-state index contributed by atoms with van der Waals surface area (Å²) in [6.45, 7) is 5.77. The predicted octanol–water partition coefficient (Wildman–Crippen LogP) is 2.03. The van der Waals surface area contributed by atoms with Crippen molar-refractivity contribution < 1.29 is 9.53 Å². The van der Waals surface area contributed by atoms with Crippen LogP contribution in [0.5, 0.6) is 0 Å². The first kappa shape index (κ1) is 19.3. The number of amides is 1. The third kappa shape index (κ3) is 4.37. The first-order valence-electron chi connectivity index (χ1n) is 9.84. The van der Waals surface area contributed by atoms with E-state index in [9.17, 15) is 4.79 Å². The number of ether oxygens (including phenoxy) is 1. The molecule has 1 aliphatic heterocycles. The zero-order chi connectivity index (χ0) is 20.4. The Morgan fingerprint density at radius 1 is 1.24 bits per heavy atom. The minimum absolute atomic E-state index is 0.0430. The fraction of sp³-hybridized carbons (Fsp3) is 0.429. The van der Waals surface area contributed by atoms with Gasteiger partial charge in [-0.25, -0.2) is 9.67 Å². The Kier molecular flexibility index (Phi) is 5.44. The smallest absolute Gasteiger partial charge is 0.251 e. The number of nitrogens with one attached hydrogen (secondary N) is 1. The molecule has 1 N–H and O–H groups in total. The standard InChI is InChI=1S/C21H26N6O2/c1-14-10-15(2)26(24-14)11-16-4-6-17(7-5-16)21(28)22-18-8-9-20-23-19(13-29-3)25-27(20)12-18/h4-7,10,18H,8-9,11-13H2,1-3H3,(H,22,28). The van der Waals surface area contributed by atoms with Crippen LogP contribution in [-0.2, 0) is 30.9 Å². The molecule has 1 unspecified atom stereocenters. The van der Waals surface area contributed by atoms with Gasteiger partial charge >= 0.3 is 0 Å². The molecule has 152 valence electrons. The second-order valence-corrected chi connectivity index (χ2v) is 7.55. The molecule has 0 saturated carbocycles. The number of carbonyl (C=O) groups excluding carboxylic acids is 1. The van der Waals surface area contributed by atoms with Crippen LogP contribution in [0.3, 0.4) is 0 Å². The molecule has 3 aromatic rings. The number of aryl methyl sites for hydroxylation is 3. The SMILES string of the molecule is COCc1nc2n(n1)CC(NC(=O)c1ccc(Cn3nc(C)cc3C)cc1)CC2. The molecular formula is C21H26N6O2. The fourth-order valence-electron chi connectivity index (χ4n) is 3.71. The van der Waals surface area contributed by atoms with Crippen LogP contribution in [0.1, 0.15) is 45.4 Å². The van der Waals surface area contributed by atoms with Crippen molar-refractivity contribution in [3.8, 4) is 0 Å². The van der Waals surface area contributed by atoms with Gasteiger partial charge in [-0.1, -0.05) is 12.1 Å². The lowest BCUT2D eigenvalue weighted by molar-refractivity contribution is 0.0926. The highest BCUT2D eigenvalue weighted by molar-refractivity contribution is 5.94. The molecule has 0 bridgehead atoms. The second-order valence-electron chi connectivity index (χ2n) is 7.55. The van der Waals surface area contributed by atoms with Gasteiger partial charge < -0.3 is 10.1 Å². The highest BCUT2D eigenvalue weighted by Gasteiger charge is 2.23. The van der Waals surface area contributed by atoms with E-state index in [0.29, 0.717) is 31.1 Å². The third-order valence-corrected chi connectivity index (χ3v) is 5.16. The predicted molar refractivity (Wildman–Crippen MR) is 108 cm³/mol. The lowest BCUT2D eigenvalue weighted by Crippen LogP contribution is -2.41. The van der Waals surface area contributed by atoms with Crippen molar-refractivity contribution in [2.75, 3.05) is 7.11 Å². The van der Waals surface area contributed by atoms with Gasteiger partial charge in [0.1, 0.15) is 12.4 Å². The van der Waals surface area contributed by atoms with Crippen LogP contribution in [0.25, 0.3) is 0 Å². The monoisotopic (exact) mass is 394 g/mol. The summed E-state index contributed by atoms with van der Waals surface area (Å²) in [5, 5.41) is 12.1. The number of hydrogen-bond donors (Lipinski definition) is 1. The number of rotatable bonds is 6. The molecule has 4 rings (SSSR count). The zero-order valence-electron chi connectivity index (χ0n) is 17.1. The fourth-order valence-corrected chi connectivity index (χ4v) is 3.71. The molecule has 1 aromatic carbocycles. The van der Waals surface area contributed by atoms with Crippen LogP contribution in [0.4, 0.5) is 0 Å². The molecule has 0 saturated heterocycles. The van der Waals surface area contributed by atoms with Crippen LogP contribution in [-0.4, -0.2) is 43.6 Å². The van der Waals surface area contributed by atoms with Crippen molar-refractivity contribution in [2.24, 2.45) is 0 Å². The van der Waals surface area contributed by atoms with Gasteiger partial charge in [-0.3, -0.25) is 9.48 Å². The van der Waals surface area contributed by atoms with Gasteiger partial charge in [0, 0.05) is 30.8 Å². The minimum atomic E-state index is -0.0617. The summed E-state index contributed by atoms with van der Waals surface area (Å²) in [5.41, 5.74) is 3.91. The number of carbonyl (C=O) groups is 1. The average Bonchev–Trinajstić information content (AvgIpc) is 3.24. The minimum Gasteiger partial charge on any atom is -0.377 e. The molecule has 0 radical (unpaired) electrons.